The van der Waals surface area contributed by atoms with Crippen LogP contribution in [0.4, 0.5) is 34.1 Å². The summed E-state index contributed by atoms with van der Waals surface area (Å²) in [6, 6.07) is 93.3. The monoisotopic (exact) mass is 802 g/mol. The molecule has 0 saturated heterocycles. The first-order chi connectivity index (χ1) is 31.3. The second-order valence-corrected chi connectivity index (χ2v) is 16.4. The molecule has 10 aromatic carbocycles. The zero-order chi connectivity index (χ0) is 41.7. The molecule has 0 fully saturated rings. The summed E-state index contributed by atoms with van der Waals surface area (Å²) in [5.41, 5.74) is 21.1. The first kappa shape index (κ1) is 36.6. The van der Waals surface area contributed by atoms with Gasteiger partial charge in [-0.15, -0.1) is 0 Å². The number of hydrogen-bond donors (Lipinski definition) is 0. The highest BCUT2D eigenvalue weighted by Gasteiger charge is 2.52. The fourth-order valence-corrected chi connectivity index (χ4v) is 10.4. The van der Waals surface area contributed by atoms with Gasteiger partial charge in [0.2, 0.25) is 0 Å². The lowest BCUT2D eigenvalue weighted by Crippen LogP contribution is -2.26. The van der Waals surface area contributed by atoms with Gasteiger partial charge in [-0.25, -0.2) is 0 Å². The van der Waals surface area contributed by atoms with E-state index < -0.39 is 5.41 Å². The Hall–Kier alpha value is -8.20. The van der Waals surface area contributed by atoms with Crippen LogP contribution in [-0.4, -0.2) is 0 Å². The molecule has 2 aliphatic carbocycles. The summed E-state index contributed by atoms with van der Waals surface area (Å²) in [7, 11) is 0. The Morgan fingerprint density at radius 2 is 0.651 bits per heavy atom. The lowest BCUT2D eigenvalue weighted by atomic mass is 9.70. The predicted octanol–water partition coefficient (Wildman–Crippen LogP) is 16.3. The number of benzene rings is 10. The zero-order valence-electron chi connectivity index (χ0n) is 34.6. The van der Waals surface area contributed by atoms with Gasteiger partial charge in [0.25, 0.3) is 0 Å². The van der Waals surface area contributed by atoms with Crippen molar-refractivity contribution >= 4 is 34.1 Å². The van der Waals surface area contributed by atoms with Crippen LogP contribution in [-0.2, 0) is 5.41 Å². The summed E-state index contributed by atoms with van der Waals surface area (Å²) in [5, 5.41) is 0. The number of para-hydroxylation sites is 3. The lowest BCUT2D eigenvalue weighted by molar-refractivity contribution is 0.793. The van der Waals surface area contributed by atoms with Crippen LogP contribution in [0.25, 0.3) is 44.5 Å². The third kappa shape index (κ3) is 5.87. The van der Waals surface area contributed by atoms with Gasteiger partial charge in [0.15, 0.2) is 0 Å². The van der Waals surface area contributed by atoms with Crippen LogP contribution >= 0.6 is 0 Å². The van der Waals surface area contributed by atoms with Crippen molar-refractivity contribution in [2.45, 2.75) is 5.41 Å². The Kier molecular flexibility index (Phi) is 8.76. The highest BCUT2D eigenvalue weighted by molar-refractivity contribution is 6.00. The highest BCUT2D eigenvalue weighted by atomic mass is 15.1. The Morgan fingerprint density at radius 1 is 0.222 bits per heavy atom. The first-order valence-corrected chi connectivity index (χ1v) is 21.8. The molecule has 63 heavy (non-hydrogen) atoms. The second kappa shape index (κ2) is 15.1. The predicted molar refractivity (Wildman–Crippen MR) is 263 cm³/mol. The third-order valence-electron chi connectivity index (χ3n) is 13.0. The number of nitrogens with zero attached hydrogens (tertiary/aromatic N) is 2. The number of rotatable bonds is 8. The van der Waals surface area contributed by atoms with Crippen molar-refractivity contribution in [2.24, 2.45) is 0 Å². The van der Waals surface area contributed by atoms with Gasteiger partial charge < -0.3 is 9.80 Å². The van der Waals surface area contributed by atoms with Gasteiger partial charge in [-0.2, -0.15) is 0 Å². The van der Waals surface area contributed by atoms with Crippen LogP contribution in [0.1, 0.15) is 22.3 Å². The largest absolute Gasteiger partial charge is 0.310 e. The minimum absolute atomic E-state index is 0.592. The summed E-state index contributed by atoms with van der Waals surface area (Å²) in [5.74, 6) is 0. The van der Waals surface area contributed by atoms with Crippen LogP contribution < -0.4 is 9.80 Å². The summed E-state index contributed by atoms with van der Waals surface area (Å²) in [6.45, 7) is 0. The number of hydrogen-bond acceptors (Lipinski definition) is 2. The van der Waals surface area contributed by atoms with Gasteiger partial charge in [-0.05, 0) is 134 Å². The molecule has 0 radical (unpaired) electrons. The van der Waals surface area contributed by atoms with E-state index in [1.165, 1.54) is 66.8 Å². The minimum atomic E-state index is -0.592. The van der Waals surface area contributed by atoms with Gasteiger partial charge in [-0.1, -0.05) is 182 Å². The molecular formula is C61H42N2. The first-order valence-electron chi connectivity index (χ1n) is 21.8. The van der Waals surface area contributed by atoms with Crippen LogP contribution in [0.2, 0.25) is 0 Å². The van der Waals surface area contributed by atoms with E-state index in [-0.39, 0.29) is 0 Å². The smallest absolute Gasteiger partial charge is 0.0727 e. The van der Waals surface area contributed by atoms with Crippen molar-refractivity contribution < 1.29 is 0 Å². The highest BCUT2D eigenvalue weighted by Crippen LogP contribution is 2.65. The average Bonchev–Trinajstić information content (AvgIpc) is 3.82. The maximum Gasteiger partial charge on any atom is 0.0727 e. The van der Waals surface area contributed by atoms with E-state index in [1.54, 1.807) is 0 Å². The zero-order valence-corrected chi connectivity index (χ0v) is 34.6. The van der Waals surface area contributed by atoms with Crippen molar-refractivity contribution in [3.63, 3.8) is 0 Å². The molecule has 12 rings (SSSR count). The summed E-state index contributed by atoms with van der Waals surface area (Å²) >= 11 is 0. The Bertz CT molecular complexity index is 3230. The van der Waals surface area contributed by atoms with Gasteiger partial charge in [0, 0.05) is 34.0 Å². The Balaban J connectivity index is 1.15. The molecular weight excluding hydrogens is 761 g/mol. The van der Waals surface area contributed by atoms with E-state index in [0.29, 0.717) is 0 Å². The lowest BCUT2D eigenvalue weighted by Gasteiger charge is -2.34. The van der Waals surface area contributed by atoms with Gasteiger partial charge in [0.05, 0.1) is 11.1 Å². The minimum Gasteiger partial charge on any atom is -0.310 e. The molecule has 0 aromatic heterocycles. The molecule has 0 saturated carbocycles. The fraction of sp³-hybridized carbons (Fsp3) is 0.0164. The van der Waals surface area contributed by atoms with E-state index in [1.807, 2.05) is 0 Å². The molecule has 1 atom stereocenters. The van der Waals surface area contributed by atoms with Crippen LogP contribution in [0, 0.1) is 0 Å². The SMILES string of the molecule is c1ccc(-c2cccc(N(c3ccccc3)c3ccc4c(c3)C3(c5ccccc5-4)c4ccccc4-c4cc(-c5ccccc5)c(N(c5ccccc5)c5ccccc5)cc43)c2)cc1. The van der Waals surface area contributed by atoms with Crippen molar-refractivity contribution in [3.05, 3.63) is 277 Å². The Morgan fingerprint density at radius 3 is 1.25 bits per heavy atom. The van der Waals surface area contributed by atoms with Crippen LogP contribution in [0.3, 0.4) is 0 Å². The van der Waals surface area contributed by atoms with E-state index in [9.17, 15) is 0 Å². The molecule has 0 N–H and O–H groups in total. The van der Waals surface area contributed by atoms with E-state index in [0.717, 1.165) is 34.1 Å². The number of fused-ring (bicyclic) bond motifs is 10. The van der Waals surface area contributed by atoms with Crippen LogP contribution in [0.5, 0.6) is 0 Å². The molecule has 1 spiro atoms. The van der Waals surface area contributed by atoms with Crippen molar-refractivity contribution in [1.82, 2.24) is 0 Å². The second-order valence-electron chi connectivity index (χ2n) is 16.4. The van der Waals surface area contributed by atoms with E-state index in [2.05, 4.69) is 265 Å². The normalized spacial score (nSPS) is 14.1. The van der Waals surface area contributed by atoms with Gasteiger partial charge in [0.1, 0.15) is 0 Å². The summed E-state index contributed by atoms with van der Waals surface area (Å²) < 4.78 is 0. The van der Waals surface area contributed by atoms with Gasteiger partial charge in [-0.3, -0.25) is 0 Å². The third-order valence-corrected chi connectivity index (χ3v) is 13.0. The van der Waals surface area contributed by atoms with Gasteiger partial charge >= 0.3 is 0 Å². The van der Waals surface area contributed by atoms with E-state index >= 15 is 0 Å². The summed E-state index contributed by atoms with van der Waals surface area (Å²) in [6.07, 6.45) is 0. The topological polar surface area (TPSA) is 6.48 Å². The van der Waals surface area contributed by atoms with Crippen molar-refractivity contribution in [1.29, 1.82) is 0 Å². The molecule has 0 aliphatic heterocycles. The van der Waals surface area contributed by atoms with Crippen molar-refractivity contribution in [3.8, 4) is 44.5 Å². The maximum absolute atomic E-state index is 2.52. The average molecular weight is 803 g/mol. The molecule has 2 nitrogen and oxygen atoms in total. The molecule has 2 aliphatic rings. The van der Waals surface area contributed by atoms with Crippen LogP contribution in [0.15, 0.2) is 255 Å². The summed E-state index contributed by atoms with van der Waals surface area (Å²) in [4.78, 5) is 4.86. The molecule has 0 bridgehead atoms. The molecule has 0 heterocycles. The standard InChI is InChI=1S/C61H42N2/c1-6-21-43(22-7-1)45-25-20-32-49(39-45)62(46-26-10-3-11-27-46)50-37-38-53-51-33-16-18-35-56(51)61(58(53)40-50)57-36-19-17-34-52(57)55-41-54(44-23-8-2-9-24-44)60(42-59(55)61)63(47-28-12-4-13-29-47)48-30-14-5-15-31-48/h1-42H. The van der Waals surface area contributed by atoms with E-state index in [4.69, 9.17) is 0 Å². The quantitative estimate of drug-likeness (QED) is 0.151. The molecule has 0 amide bonds. The molecule has 1 unspecified atom stereocenters. The molecule has 10 aromatic rings. The molecule has 296 valence electrons. The van der Waals surface area contributed by atoms with Crippen molar-refractivity contribution in [2.75, 3.05) is 9.80 Å². The maximum atomic E-state index is 2.52. The number of anilines is 6. The molecule has 2 heteroatoms. The fourth-order valence-electron chi connectivity index (χ4n) is 10.4. The Labute approximate surface area is 369 Å².